The Labute approximate surface area is 119 Å². The second-order valence-electron chi connectivity index (χ2n) is 5.01. The van der Waals surface area contributed by atoms with Crippen molar-refractivity contribution in [2.24, 2.45) is 0 Å². The Morgan fingerprint density at radius 2 is 2.00 bits per heavy atom. The molecule has 20 heavy (non-hydrogen) atoms. The van der Waals surface area contributed by atoms with E-state index < -0.39 is 0 Å². The molecule has 0 amide bonds. The van der Waals surface area contributed by atoms with Crippen LogP contribution in [0.15, 0.2) is 18.3 Å². The van der Waals surface area contributed by atoms with Crippen LogP contribution < -0.4 is 5.32 Å². The van der Waals surface area contributed by atoms with Crippen LogP contribution in [0.25, 0.3) is 0 Å². The van der Waals surface area contributed by atoms with Crippen molar-refractivity contribution in [2.75, 3.05) is 6.61 Å². The minimum Gasteiger partial charge on any atom is -0.394 e. The molecule has 2 heterocycles. The van der Waals surface area contributed by atoms with Crippen molar-refractivity contribution in [3.63, 3.8) is 0 Å². The van der Waals surface area contributed by atoms with Crippen LogP contribution in [0.4, 0.5) is 0 Å². The molecule has 0 saturated carbocycles. The molecular weight excluding hydrogens is 252 g/mol. The first kappa shape index (κ1) is 14.7. The predicted molar refractivity (Wildman–Crippen MR) is 78.3 cm³/mol. The van der Waals surface area contributed by atoms with Gasteiger partial charge < -0.3 is 10.4 Å². The van der Waals surface area contributed by atoms with Gasteiger partial charge in [-0.05, 0) is 32.4 Å². The van der Waals surface area contributed by atoms with Crippen molar-refractivity contribution in [3.05, 3.63) is 46.5 Å². The van der Waals surface area contributed by atoms with E-state index in [9.17, 15) is 0 Å². The predicted octanol–water partition coefficient (Wildman–Crippen LogP) is 1.49. The van der Waals surface area contributed by atoms with Crippen LogP contribution in [0.2, 0.25) is 0 Å². The summed E-state index contributed by atoms with van der Waals surface area (Å²) in [4.78, 5) is 4.28. The number of aromatic nitrogens is 3. The summed E-state index contributed by atoms with van der Waals surface area (Å²) in [5, 5.41) is 16.9. The lowest BCUT2D eigenvalue weighted by molar-refractivity contribution is 0.267. The number of hydrogen-bond acceptors (Lipinski definition) is 4. The largest absolute Gasteiger partial charge is 0.394 e. The fourth-order valence-electron chi connectivity index (χ4n) is 2.24. The molecule has 0 atom stereocenters. The number of rotatable bonds is 6. The highest BCUT2D eigenvalue weighted by atomic mass is 16.3. The molecule has 2 aromatic heterocycles. The van der Waals surface area contributed by atoms with Crippen LogP contribution in [-0.4, -0.2) is 26.5 Å². The molecule has 0 fully saturated rings. The maximum atomic E-state index is 9.01. The first-order valence-corrected chi connectivity index (χ1v) is 6.88. The van der Waals surface area contributed by atoms with Crippen molar-refractivity contribution in [1.82, 2.24) is 20.1 Å². The maximum absolute atomic E-state index is 9.01. The standard InChI is InChI=1S/C15H22N4O/c1-11-4-5-14(9-17-11)8-16-10-15-12(2)18-19(6-7-20)13(15)3/h4-5,9,16,20H,6-8,10H2,1-3H3. The van der Waals surface area contributed by atoms with Gasteiger partial charge in [0, 0.05) is 36.2 Å². The number of aryl methyl sites for hydroxylation is 2. The van der Waals surface area contributed by atoms with E-state index in [2.05, 4.69) is 21.5 Å². The fourth-order valence-corrected chi connectivity index (χ4v) is 2.24. The summed E-state index contributed by atoms with van der Waals surface area (Å²) < 4.78 is 1.86. The summed E-state index contributed by atoms with van der Waals surface area (Å²) in [5.74, 6) is 0. The van der Waals surface area contributed by atoms with Crippen LogP contribution in [0.3, 0.4) is 0 Å². The molecule has 0 spiro atoms. The lowest BCUT2D eigenvalue weighted by atomic mass is 10.2. The molecule has 2 aromatic rings. The zero-order valence-corrected chi connectivity index (χ0v) is 12.3. The van der Waals surface area contributed by atoms with Crippen LogP contribution in [-0.2, 0) is 19.6 Å². The maximum Gasteiger partial charge on any atom is 0.0644 e. The molecule has 2 N–H and O–H groups in total. The van der Waals surface area contributed by atoms with E-state index in [0.717, 1.165) is 30.2 Å². The number of nitrogens with one attached hydrogen (secondary N) is 1. The minimum absolute atomic E-state index is 0.115. The van der Waals surface area contributed by atoms with E-state index in [1.54, 1.807) is 0 Å². The molecule has 5 heteroatoms. The lowest BCUT2D eigenvalue weighted by Crippen LogP contribution is -2.14. The highest BCUT2D eigenvalue weighted by Gasteiger charge is 2.10. The van der Waals surface area contributed by atoms with Crippen molar-refractivity contribution >= 4 is 0 Å². The highest BCUT2D eigenvalue weighted by Crippen LogP contribution is 2.12. The van der Waals surface area contributed by atoms with Crippen molar-refractivity contribution in [1.29, 1.82) is 0 Å². The van der Waals surface area contributed by atoms with Gasteiger partial charge in [0.1, 0.15) is 0 Å². The number of nitrogens with zero attached hydrogens (tertiary/aromatic N) is 3. The summed E-state index contributed by atoms with van der Waals surface area (Å²) in [6.07, 6.45) is 1.90. The van der Waals surface area contributed by atoms with Crippen molar-refractivity contribution < 1.29 is 5.11 Å². The molecule has 0 aliphatic carbocycles. The van der Waals surface area contributed by atoms with E-state index >= 15 is 0 Å². The Balaban J connectivity index is 1.95. The molecule has 0 bridgehead atoms. The second kappa shape index (κ2) is 6.63. The molecular formula is C15H22N4O. The summed E-state index contributed by atoms with van der Waals surface area (Å²) >= 11 is 0. The summed E-state index contributed by atoms with van der Waals surface area (Å²) in [6.45, 7) is 8.26. The van der Waals surface area contributed by atoms with Gasteiger partial charge in [-0.3, -0.25) is 9.67 Å². The average Bonchev–Trinajstić information content (AvgIpc) is 2.69. The van der Waals surface area contributed by atoms with Crippen LogP contribution >= 0.6 is 0 Å². The van der Waals surface area contributed by atoms with E-state index in [1.807, 2.05) is 37.7 Å². The first-order valence-electron chi connectivity index (χ1n) is 6.88. The van der Waals surface area contributed by atoms with Gasteiger partial charge in [0.2, 0.25) is 0 Å². The van der Waals surface area contributed by atoms with Gasteiger partial charge in [0.25, 0.3) is 0 Å². The molecule has 0 aromatic carbocycles. The number of aliphatic hydroxyl groups is 1. The van der Waals surface area contributed by atoms with Gasteiger partial charge in [-0.25, -0.2) is 0 Å². The van der Waals surface area contributed by atoms with Gasteiger partial charge in [-0.1, -0.05) is 6.07 Å². The molecule has 108 valence electrons. The second-order valence-corrected chi connectivity index (χ2v) is 5.01. The first-order chi connectivity index (χ1) is 9.61. The Morgan fingerprint density at radius 1 is 1.20 bits per heavy atom. The van der Waals surface area contributed by atoms with Crippen LogP contribution in [0.1, 0.15) is 28.2 Å². The monoisotopic (exact) mass is 274 g/mol. The van der Waals surface area contributed by atoms with Gasteiger partial charge in [-0.2, -0.15) is 5.10 Å². The van der Waals surface area contributed by atoms with Gasteiger partial charge in [0.05, 0.1) is 18.8 Å². The highest BCUT2D eigenvalue weighted by molar-refractivity contribution is 5.24. The molecule has 0 unspecified atom stereocenters. The SMILES string of the molecule is Cc1ccc(CNCc2c(C)nn(CCO)c2C)cn1. The summed E-state index contributed by atoms with van der Waals surface area (Å²) in [7, 11) is 0. The molecule has 0 radical (unpaired) electrons. The van der Waals surface area contributed by atoms with Crippen molar-refractivity contribution in [2.45, 2.75) is 40.4 Å². The van der Waals surface area contributed by atoms with E-state index in [-0.39, 0.29) is 6.61 Å². The number of aliphatic hydroxyl groups excluding tert-OH is 1. The van der Waals surface area contributed by atoms with E-state index in [1.165, 1.54) is 11.1 Å². The Kier molecular flexibility index (Phi) is 4.87. The quantitative estimate of drug-likeness (QED) is 0.837. The zero-order chi connectivity index (χ0) is 14.5. The van der Waals surface area contributed by atoms with Gasteiger partial charge >= 0.3 is 0 Å². The average molecular weight is 274 g/mol. The van der Waals surface area contributed by atoms with Crippen LogP contribution in [0, 0.1) is 20.8 Å². The summed E-state index contributed by atoms with van der Waals surface area (Å²) in [6, 6.07) is 4.11. The van der Waals surface area contributed by atoms with Gasteiger partial charge in [-0.15, -0.1) is 0 Å². The van der Waals surface area contributed by atoms with E-state index in [0.29, 0.717) is 6.54 Å². The lowest BCUT2D eigenvalue weighted by Gasteiger charge is -2.06. The molecule has 5 nitrogen and oxygen atoms in total. The number of hydrogen-bond donors (Lipinski definition) is 2. The van der Waals surface area contributed by atoms with Crippen molar-refractivity contribution in [3.8, 4) is 0 Å². The topological polar surface area (TPSA) is 63.0 Å². The molecule has 2 rings (SSSR count). The Bertz CT molecular complexity index is 560. The smallest absolute Gasteiger partial charge is 0.0644 e. The number of pyridine rings is 1. The third-order valence-corrected chi connectivity index (χ3v) is 3.45. The third kappa shape index (κ3) is 3.43. The molecule has 0 aliphatic rings. The van der Waals surface area contributed by atoms with Gasteiger partial charge in [0.15, 0.2) is 0 Å². The minimum atomic E-state index is 0.115. The van der Waals surface area contributed by atoms with E-state index in [4.69, 9.17) is 5.11 Å². The Morgan fingerprint density at radius 3 is 2.65 bits per heavy atom. The normalized spacial score (nSPS) is 11.0. The summed E-state index contributed by atoms with van der Waals surface area (Å²) in [5.41, 5.74) is 5.55. The Hall–Kier alpha value is -1.72. The fraction of sp³-hybridized carbons (Fsp3) is 0.467. The molecule has 0 saturated heterocycles. The van der Waals surface area contributed by atoms with Crippen LogP contribution in [0.5, 0.6) is 0 Å². The molecule has 0 aliphatic heterocycles. The zero-order valence-electron chi connectivity index (χ0n) is 12.3. The third-order valence-electron chi connectivity index (χ3n) is 3.45.